The molecule has 0 radical (unpaired) electrons. The summed E-state index contributed by atoms with van der Waals surface area (Å²) >= 11 is 0. The first kappa shape index (κ1) is 19.6. The Hall–Kier alpha value is -2.68. The number of primary amides is 1. The van der Waals surface area contributed by atoms with E-state index in [2.05, 4.69) is 10.3 Å². The summed E-state index contributed by atoms with van der Waals surface area (Å²) in [6, 6.07) is 2.05. The Morgan fingerprint density at radius 3 is 2.69 bits per heavy atom. The number of nitrogens with two attached hydrogens (primary N) is 1. The van der Waals surface area contributed by atoms with Gasteiger partial charge in [0.25, 0.3) is 11.8 Å². The van der Waals surface area contributed by atoms with Gasteiger partial charge in [0.05, 0.1) is 5.60 Å². The Morgan fingerprint density at radius 1 is 1.38 bits per heavy atom. The molecule has 4 amide bonds. The highest BCUT2D eigenvalue weighted by Crippen LogP contribution is 2.58. The van der Waals surface area contributed by atoms with Crippen LogP contribution >= 0.6 is 0 Å². The topological polar surface area (TPSA) is 135 Å². The molecule has 9 nitrogen and oxygen atoms in total. The molecule has 29 heavy (non-hydrogen) atoms. The molecule has 3 fully saturated rings. The summed E-state index contributed by atoms with van der Waals surface area (Å²) in [5, 5.41) is 12.6. The number of carbonyl (C=O) groups is 3. The van der Waals surface area contributed by atoms with Crippen molar-refractivity contribution in [2.24, 2.45) is 11.1 Å². The molecule has 4 N–H and O–H groups in total. The normalized spacial score (nSPS) is 31.3. The lowest BCUT2D eigenvalue weighted by Crippen LogP contribution is -2.60. The van der Waals surface area contributed by atoms with E-state index in [1.54, 1.807) is 32.2 Å². The van der Waals surface area contributed by atoms with E-state index in [0.717, 1.165) is 25.7 Å². The van der Waals surface area contributed by atoms with Crippen molar-refractivity contribution in [3.05, 3.63) is 23.9 Å². The van der Waals surface area contributed by atoms with Crippen molar-refractivity contribution in [2.75, 3.05) is 0 Å². The summed E-state index contributed by atoms with van der Waals surface area (Å²) in [5.41, 5.74) is 4.65. The van der Waals surface area contributed by atoms with Crippen LogP contribution in [0.5, 0.6) is 5.88 Å². The highest BCUT2D eigenvalue weighted by molar-refractivity contribution is 6.04. The van der Waals surface area contributed by atoms with Crippen molar-refractivity contribution >= 4 is 17.8 Å². The Bertz CT molecular complexity index is 851. The van der Waals surface area contributed by atoms with E-state index in [-0.39, 0.29) is 47.4 Å². The average Bonchev–Trinajstić information content (AvgIpc) is 2.81. The van der Waals surface area contributed by atoms with E-state index in [4.69, 9.17) is 10.5 Å². The molecule has 156 valence electrons. The smallest absolute Gasteiger partial charge is 0.325 e. The molecule has 3 aliphatic rings. The zero-order valence-electron chi connectivity index (χ0n) is 16.6. The molecule has 0 bridgehead atoms. The standard InChI is InChI=1S/C20H26N4O5/c1-19(2,28)10-14-17(26)24(18(27)23-14)11-6-20(7-11)8-12(9-20)29-16-13(15(21)25)4-3-5-22-16/h3-5,11-12,14,28H,6-10H2,1-2H3,(H2,21,25)(H,23,27). The van der Waals surface area contributed by atoms with Crippen LogP contribution in [0.2, 0.25) is 0 Å². The fraction of sp³-hybridized carbons (Fsp3) is 0.600. The van der Waals surface area contributed by atoms with Gasteiger partial charge in [-0.05, 0) is 57.1 Å². The van der Waals surface area contributed by atoms with E-state index in [9.17, 15) is 19.5 Å². The minimum atomic E-state index is -1.03. The molecule has 1 spiro atoms. The largest absolute Gasteiger partial charge is 0.474 e. The first-order valence-electron chi connectivity index (χ1n) is 9.84. The third-order valence-corrected chi connectivity index (χ3v) is 6.09. The van der Waals surface area contributed by atoms with Gasteiger partial charge < -0.3 is 20.9 Å². The third-order valence-electron chi connectivity index (χ3n) is 6.09. The number of hydrogen-bond acceptors (Lipinski definition) is 6. The Balaban J connectivity index is 1.31. The first-order valence-corrected chi connectivity index (χ1v) is 9.84. The molecule has 2 heterocycles. The number of aliphatic hydroxyl groups is 1. The number of pyridine rings is 1. The van der Waals surface area contributed by atoms with Gasteiger partial charge in [0.1, 0.15) is 17.7 Å². The van der Waals surface area contributed by atoms with Gasteiger partial charge in [-0.1, -0.05) is 0 Å². The molecule has 9 heteroatoms. The first-order chi connectivity index (χ1) is 13.6. The van der Waals surface area contributed by atoms with Crippen LogP contribution in [0.15, 0.2) is 18.3 Å². The molecule has 1 atom stereocenters. The van der Waals surface area contributed by atoms with Gasteiger partial charge in [-0.2, -0.15) is 0 Å². The number of rotatable bonds is 6. The molecule has 1 aromatic heterocycles. The molecule has 1 aliphatic heterocycles. The maximum Gasteiger partial charge on any atom is 0.325 e. The summed E-state index contributed by atoms with van der Waals surface area (Å²) < 4.78 is 5.85. The Kier molecular flexibility index (Phi) is 4.53. The van der Waals surface area contributed by atoms with Crippen LogP contribution in [0, 0.1) is 5.41 Å². The van der Waals surface area contributed by atoms with Crippen molar-refractivity contribution in [1.82, 2.24) is 15.2 Å². The number of aromatic nitrogens is 1. The lowest BCUT2D eigenvalue weighted by atomic mass is 9.52. The predicted octanol–water partition coefficient (Wildman–Crippen LogP) is 0.952. The van der Waals surface area contributed by atoms with Crippen LogP contribution in [-0.4, -0.2) is 56.6 Å². The van der Waals surface area contributed by atoms with E-state index in [0.29, 0.717) is 0 Å². The van der Waals surface area contributed by atoms with Gasteiger partial charge >= 0.3 is 6.03 Å². The lowest BCUT2D eigenvalue weighted by Gasteiger charge is -2.58. The summed E-state index contributed by atoms with van der Waals surface area (Å²) in [5.74, 6) is -0.590. The van der Waals surface area contributed by atoms with Gasteiger partial charge in [-0.15, -0.1) is 0 Å². The van der Waals surface area contributed by atoms with E-state index in [1.807, 2.05) is 0 Å². The van der Waals surface area contributed by atoms with Gasteiger partial charge in [-0.3, -0.25) is 14.5 Å². The molecule has 4 rings (SSSR count). The number of amides is 4. The third kappa shape index (κ3) is 3.66. The monoisotopic (exact) mass is 402 g/mol. The van der Waals surface area contributed by atoms with Gasteiger partial charge in [0.2, 0.25) is 5.88 Å². The van der Waals surface area contributed by atoms with Gasteiger partial charge in [0, 0.05) is 18.7 Å². The molecule has 2 saturated carbocycles. The maximum atomic E-state index is 12.6. The quantitative estimate of drug-likeness (QED) is 0.607. The number of nitrogens with zero attached hydrogens (tertiary/aromatic N) is 2. The fourth-order valence-electron chi connectivity index (χ4n) is 4.81. The molecule has 1 aromatic rings. The summed E-state index contributed by atoms with van der Waals surface area (Å²) in [6.07, 6.45) is 4.74. The van der Waals surface area contributed by atoms with Crippen LogP contribution in [0.25, 0.3) is 0 Å². The molecule has 1 saturated heterocycles. The minimum Gasteiger partial charge on any atom is -0.474 e. The van der Waals surface area contributed by atoms with Crippen LogP contribution in [-0.2, 0) is 4.79 Å². The lowest BCUT2D eigenvalue weighted by molar-refractivity contribution is -0.141. The minimum absolute atomic E-state index is 0.0602. The van der Waals surface area contributed by atoms with E-state index >= 15 is 0 Å². The summed E-state index contributed by atoms with van der Waals surface area (Å²) in [7, 11) is 0. The number of imide groups is 1. The highest BCUT2D eigenvalue weighted by Gasteiger charge is 2.58. The van der Waals surface area contributed by atoms with Crippen LogP contribution in [0.1, 0.15) is 56.3 Å². The Morgan fingerprint density at radius 2 is 2.07 bits per heavy atom. The molecule has 0 aromatic carbocycles. The number of ether oxygens (including phenoxy) is 1. The van der Waals surface area contributed by atoms with Crippen molar-refractivity contribution in [3.63, 3.8) is 0 Å². The van der Waals surface area contributed by atoms with E-state index in [1.165, 1.54) is 4.90 Å². The maximum absolute atomic E-state index is 12.6. The predicted molar refractivity (Wildman–Crippen MR) is 102 cm³/mol. The second kappa shape index (κ2) is 6.69. The molecule has 1 unspecified atom stereocenters. The average molecular weight is 402 g/mol. The SMILES string of the molecule is CC(C)(O)CC1NC(=O)N(C2CC3(CC(Oc4ncccc4C(N)=O)C3)C2)C1=O. The molecular formula is C20H26N4O5. The zero-order chi connectivity index (χ0) is 21.0. The second-order valence-electron chi connectivity index (χ2n) is 9.16. The van der Waals surface area contributed by atoms with Crippen molar-refractivity contribution in [1.29, 1.82) is 0 Å². The number of urea groups is 1. The summed E-state index contributed by atoms with van der Waals surface area (Å²) in [6.45, 7) is 3.24. The summed E-state index contributed by atoms with van der Waals surface area (Å²) in [4.78, 5) is 41.8. The van der Waals surface area contributed by atoms with E-state index < -0.39 is 17.6 Å². The number of carbonyl (C=O) groups excluding carboxylic acids is 3. The van der Waals surface area contributed by atoms with Crippen LogP contribution in [0.3, 0.4) is 0 Å². The molecule has 2 aliphatic carbocycles. The Labute approximate surface area is 168 Å². The van der Waals surface area contributed by atoms with Crippen LogP contribution in [0.4, 0.5) is 4.79 Å². The zero-order valence-corrected chi connectivity index (χ0v) is 16.6. The van der Waals surface area contributed by atoms with Crippen molar-refractivity contribution in [2.45, 2.75) is 69.7 Å². The van der Waals surface area contributed by atoms with Crippen LogP contribution < -0.4 is 15.8 Å². The fourth-order valence-corrected chi connectivity index (χ4v) is 4.81. The van der Waals surface area contributed by atoms with Crippen molar-refractivity contribution in [3.8, 4) is 5.88 Å². The van der Waals surface area contributed by atoms with Gasteiger partial charge in [-0.25, -0.2) is 9.78 Å². The second-order valence-corrected chi connectivity index (χ2v) is 9.16. The highest BCUT2D eigenvalue weighted by atomic mass is 16.5. The van der Waals surface area contributed by atoms with Crippen molar-refractivity contribution < 1.29 is 24.2 Å². The number of nitrogens with one attached hydrogen (secondary N) is 1. The number of hydrogen-bond donors (Lipinski definition) is 3. The van der Waals surface area contributed by atoms with Gasteiger partial charge in [0.15, 0.2) is 0 Å². The molecular weight excluding hydrogens is 376 g/mol.